The highest BCUT2D eigenvalue weighted by molar-refractivity contribution is 7.89. The zero-order chi connectivity index (χ0) is 23.5. The number of ether oxygens (including phenoxy) is 2. The van der Waals surface area contributed by atoms with Crippen LogP contribution in [0.2, 0.25) is 5.02 Å². The van der Waals surface area contributed by atoms with Gasteiger partial charge in [0.15, 0.2) is 6.61 Å². The number of benzene rings is 1. The Balaban J connectivity index is 1.64. The van der Waals surface area contributed by atoms with E-state index in [0.717, 1.165) is 25.7 Å². The maximum Gasteiger partial charge on any atom is 0.338 e. The summed E-state index contributed by atoms with van der Waals surface area (Å²) < 4.78 is 38.3. The summed E-state index contributed by atoms with van der Waals surface area (Å²) in [6.45, 7) is 5.75. The molecule has 178 valence electrons. The third kappa shape index (κ3) is 6.21. The van der Waals surface area contributed by atoms with Crippen molar-refractivity contribution < 1.29 is 27.5 Å². The Morgan fingerprint density at radius 2 is 1.75 bits per heavy atom. The van der Waals surface area contributed by atoms with Crippen molar-refractivity contribution in [1.82, 2.24) is 9.62 Å². The number of hydrogen-bond acceptors (Lipinski definition) is 6. The summed E-state index contributed by atoms with van der Waals surface area (Å²) in [5.74, 6) is -0.481. The molecular formula is C22H31ClN2O6S. The van der Waals surface area contributed by atoms with Crippen LogP contribution in [-0.2, 0) is 24.3 Å². The zero-order valence-corrected chi connectivity index (χ0v) is 20.2. The highest BCUT2D eigenvalue weighted by Crippen LogP contribution is 2.28. The number of esters is 1. The Morgan fingerprint density at radius 1 is 1.12 bits per heavy atom. The van der Waals surface area contributed by atoms with Crippen molar-refractivity contribution in [2.45, 2.75) is 69.6 Å². The van der Waals surface area contributed by atoms with Crippen LogP contribution in [-0.4, -0.2) is 62.5 Å². The van der Waals surface area contributed by atoms with Gasteiger partial charge in [0.25, 0.3) is 5.91 Å². The number of amides is 1. The number of nitrogens with zero attached hydrogens (tertiary/aromatic N) is 1. The third-order valence-corrected chi connectivity index (χ3v) is 8.20. The molecule has 32 heavy (non-hydrogen) atoms. The van der Waals surface area contributed by atoms with Crippen LogP contribution in [0.25, 0.3) is 0 Å². The Morgan fingerprint density at radius 3 is 2.38 bits per heavy atom. The van der Waals surface area contributed by atoms with E-state index in [1.54, 1.807) is 13.8 Å². The average Bonchev–Trinajstić information content (AvgIpc) is 2.73. The first-order valence-electron chi connectivity index (χ1n) is 11.0. The molecule has 0 aromatic heterocycles. The van der Waals surface area contributed by atoms with Crippen LogP contribution in [0.15, 0.2) is 23.1 Å². The first kappa shape index (κ1) is 25.0. The van der Waals surface area contributed by atoms with E-state index < -0.39 is 22.6 Å². The minimum Gasteiger partial charge on any atom is -0.452 e. The number of sulfonamides is 1. The summed E-state index contributed by atoms with van der Waals surface area (Å²) in [6, 6.07) is 4.03. The van der Waals surface area contributed by atoms with Crippen LogP contribution >= 0.6 is 11.6 Å². The van der Waals surface area contributed by atoms with Gasteiger partial charge in [0.2, 0.25) is 10.0 Å². The molecule has 1 aromatic carbocycles. The van der Waals surface area contributed by atoms with Crippen LogP contribution < -0.4 is 5.32 Å². The first-order valence-corrected chi connectivity index (χ1v) is 12.8. The number of halogens is 1. The van der Waals surface area contributed by atoms with E-state index in [1.165, 1.54) is 22.5 Å². The van der Waals surface area contributed by atoms with Crippen LogP contribution in [0.1, 0.15) is 56.8 Å². The first-order chi connectivity index (χ1) is 15.1. The van der Waals surface area contributed by atoms with Crippen LogP contribution in [0, 0.1) is 5.92 Å². The molecule has 1 saturated heterocycles. The monoisotopic (exact) mass is 486 g/mol. The molecule has 1 N–H and O–H groups in total. The van der Waals surface area contributed by atoms with Crippen molar-refractivity contribution in [2.24, 2.45) is 5.92 Å². The topological polar surface area (TPSA) is 102 Å². The standard InChI is InChI=1S/C22H31ClN2O6S/c1-14-4-7-18(8-5-14)24-21(26)13-30-22(27)17-6-9-19(23)20(10-17)32(28,29)25-11-15(2)31-16(3)12-25/h6,9-10,14-16,18H,4-5,7-8,11-13H2,1-3H3,(H,24,26). The Labute approximate surface area is 194 Å². The molecule has 1 amide bonds. The maximum absolute atomic E-state index is 13.2. The molecule has 1 aliphatic heterocycles. The van der Waals surface area contributed by atoms with Gasteiger partial charge in [-0.3, -0.25) is 4.79 Å². The second kappa shape index (κ2) is 10.5. The molecule has 1 aliphatic carbocycles. The number of carbonyl (C=O) groups excluding carboxylic acids is 2. The molecule has 1 heterocycles. The molecule has 3 rings (SSSR count). The van der Waals surface area contributed by atoms with Gasteiger partial charge in [-0.25, -0.2) is 13.2 Å². The SMILES string of the molecule is CC1CCC(NC(=O)COC(=O)c2ccc(Cl)c(S(=O)(=O)N3CC(C)OC(C)C3)c2)CC1. The molecule has 1 aromatic rings. The molecule has 1 saturated carbocycles. The van der Waals surface area contributed by atoms with Crippen LogP contribution in [0.3, 0.4) is 0 Å². The molecule has 8 nitrogen and oxygen atoms in total. The van der Waals surface area contributed by atoms with Crippen LogP contribution in [0.4, 0.5) is 0 Å². The van der Waals surface area contributed by atoms with E-state index in [0.29, 0.717) is 5.92 Å². The van der Waals surface area contributed by atoms with Crippen molar-refractivity contribution in [2.75, 3.05) is 19.7 Å². The van der Waals surface area contributed by atoms with E-state index in [1.807, 2.05) is 0 Å². The minimum atomic E-state index is -3.94. The van der Waals surface area contributed by atoms with E-state index in [-0.39, 0.29) is 52.7 Å². The second-order valence-corrected chi connectivity index (χ2v) is 11.1. The zero-order valence-electron chi connectivity index (χ0n) is 18.7. The highest BCUT2D eigenvalue weighted by Gasteiger charge is 2.34. The summed E-state index contributed by atoms with van der Waals surface area (Å²) in [5.41, 5.74) is 0.0154. The van der Waals surface area contributed by atoms with Gasteiger partial charge in [-0.1, -0.05) is 18.5 Å². The van der Waals surface area contributed by atoms with Crippen molar-refractivity contribution in [1.29, 1.82) is 0 Å². The average molecular weight is 487 g/mol. The smallest absolute Gasteiger partial charge is 0.338 e. The predicted octanol–water partition coefficient (Wildman–Crippen LogP) is 2.99. The van der Waals surface area contributed by atoms with E-state index in [4.69, 9.17) is 21.1 Å². The van der Waals surface area contributed by atoms with Crippen LogP contribution in [0.5, 0.6) is 0 Å². The fourth-order valence-corrected chi connectivity index (χ4v) is 6.27. The predicted molar refractivity (Wildman–Crippen MR) is 120 cm³/mol. The van der Waals surface area contributed by atoms with Gasteiger partial charge >= 0.3 is 5.97 Å². The Hall–Kier alpha value is -1.68. The molecular weight excluding hydrogens is 456 g/mol. The lowest BCUT2D eigenvalue weighted by atomic mass is 9.87. The van der Waals surface area contributed by atoms with Crippen molar-refractivity contribution >= 4 is 33.5 Å². The lowest BCUT2D eigenvalue weighted by Crippen LogP contribution is -2.48. The Bertz CT molecular complexity index is 936. The van der Waals surface area contributed by atoms with Crippen molar-refractivity contribution in [3.63, 3.8) is 0 Å². The summed E-state index contributed by atoms with van der Waals surface area (Å²) >= 11 is 6.17. The number of carbonyl (C=O) groups is 2. The molecule has 10 heteroatoms. The quantitative estimate of drug-likeness (QED) is 0.620. The second-order valence-electron chi connectivity index (χ2n) is 8.82. The van der Waals surface area contributed by atoms with Gasteiger partial charge in [0.1, 0.15) is 4.90 Å². The molecule has 0 bridgehead atoms. The minimum absolute atomic E-state index is 0.0117. The fourth-order valence-electron chi connectivity index (χ4n) is 4.18. The van der Waals surface area contributed by atoms with E-state index in [9.17, 15) is 18.0 Å². The molecule has 2 atom stereocenters. The fraction of sp³-hybridized carbons (Fsp3) is 0.636. The van der Waals surface area contributed by atoms with Gasteiger partial charge in [-0.2, -0.15) is 4.31 Å². The molecule has 2 unspecified atom stereocenters. The summed E-state index contributed by atoms with van der Waals surface area (Å²) in [5, 5.41) is 2.90. The summed E-state index contributed by atoms with van der Waals surface area (Å²) in [6.07, 6.45) is 3.44. The highest BCUT2D eigenvalue weighted by atomic mass is 35.5. The molecule has 0 radical (unpaired) electrons. The van der Waals surface area contributed by atoms with Gasteiger partial charge in [0.05, 0.1) is 22.8 Å². The van der Waals surface area contributed by atoms with Gasteiger partial charge in [0, 0.05) is 19.1 Å². The third-order valence-electron chi connectivity index (χ3n) is 5.89. The molecule has 2 fully saturated rings. The summed E-state index contributed by atoms with van der Waals surface area (Å²) in [7, 11) is -3.94. The van der Waals surface area contributed by atoms with Crippen molar-refractivity contribution in [3.05, 3.63) is 28.8 Å². The molecule has 0 spiro atoms. The number of rotatable bonds is 6. The molecule has 2 aliphatic rings. The lowest BCUT2D eigenvalue weighted by Gasteiger charge is -2.34. The van der Waals surface area contributed by atoms with Crippen molar-refractivity contribution in [3.8, 4) is 0 Å². The number of hydrogen-bond donors (Lipinski definition) is 1. The lowest BCUT2D eigenvalue weighted by molar-refractivity contribution is -0.125. The normalized spacial score (nSPS) is 27.0. The largest absolute Gasteiger partial charge is 0.452 e. The number of nitrogens with one attached hydrogen (secondary N) is 1. The maximum atomic E-state index is 13.2. The van der Waals surface area contributed by atoms with Gasteiger partial charge in [-0.15, -0.1) is 0 Å². The van der Waals surface area contributed by atoms with E-state index >= 15 is 0 Å². The number of morpholine rings is 1. The Kier molecular flexibility index (Phi) is 8.19. The van der Waals surface area contributed by atoms with Gasteiger partial charge < -0.3 is 14.8 Å². The van der Waals surface area contributed by atoms with E-state index in [2.05, 4.69) is 12.2 Å². The van der Waals surface area contributed by atoms with Gasteiger partial charge in [-0.05, 0) is 63.6 Å². The summed E-state index contributed by atoms with van der Waals surface area (Å²) in [4.78, 5) is 24.5.